The molecule has 0 saturated carbocycles. The van der Waals surface area contributed by atoms with Gasteiger partial charge in [-0.25, -0.2) is 9.37 Å². The first kappa shape index (κ1) is 13.2. The van der Waals surface area contributed by atoms with Gasteiger partial charge in [0.2, 0.25) is 0 Å². The molecule has 1 aromatic carbocycles. The zero-order chi connectivity index (χ0) is 13.0. The van der Waals surface area contributed by atoms with Gasteiger partial charge in [-0.15, -0.1) is 11.3 Å². The van der Waals surface area contributed by atoms with E-state index >= 15 is 0 Å². The van der Waals surface area contributed by atoms with Crippen LogP contribution in [-0.4, -0.2) is 11.5 Å². The summed E-state index contributed by atoms with van der Waals surface area (Å²) in [5, 5.41) is 4.24. The summed E-state index contributed by atoms with van der Waals surface area (Å²) in [6, 6.07) is 6.56. The maximum atomic E-state index is 13.1. The number of nitrogens with one attached hydrogen (secondary N) is 1. The lowest BCUT2D eigenvalue weighted by atomic mass is 10.2. The van der Waals surface area contributed by atoms with Crippen LogP contribution in [0.25, 0.3) is 10.6 Å². The fourth-order valence-corrected chi connectivity index (χ4v) is 2.51. The van der Waals surface area contributed by atoms with Gasteiger partial charge >= 0.3 is 0 Å². The van der Waals surface area contributed by atoms with Crippen molar-refractivity contribution in [2.75, 3.05) is 6.54 Å². The van der Waals surface area contributed by atoms with Gasteiger partial charge in [-0.3, -0.25) is 0 Å². The molecule has 0 amide bonds. The Hall–Kier alpha value is -1.26. The second-order valence-corrected chi connectivity index (χ2v) is 5.78. The zero-order valence-electron chi connectivity index (χ0n) is 10.6. The van der Waals surface area contributed by atoms with Crippen LogP contribution in [0.3, 0.4) is 0 Å². The lowest BCUT2D eigenvalue weighted by molar-refractivity contribution is 0.554. The molecule has 0 unspecified atom stereocenters. The largest absolute Gasteiger partial charge is 0.312 e. The third-order valence-electron chi connectivity index (χ3n) is 2.48. The monoisotopic (exact) mass is 264 g/mol. The van der Waals surface area contributed by atoms with Crippen LogP contribution in [0.1, 0.15) is 18.7 Å². The average Bonchev–Trinajstić information content (AvgIpc) is 2.77. The third kappa shape index (κ3) is 3.62. The molecule has 0 aliphatic heterocycles. The van der Waals surface area contributed by atoms with Crippen molar-refractivity contribution >= 4 is 11.3 Å². The van der Waals surface area contributed by atoms with Crippen LogP contribution in [0, 0.1) is 11.7 Å². The minimum atomic E-state index is -0.220. The predicted octanol–water partition coefficient (Wildman–Crippen LogP) is 3.69. The summed E-state index contributed by atoms with van der Waals surface area (Å²) >= 11 is 1.61. The van der Waals surface area contributed by atoms with Crippen molar-refractivity contribution in [2.45, 2.75) is 20.4 Å². The number of hydrogen-bond donors (Lipinski definition) is 1. The van der Waals surface area contributed by atoms with Gasteiger partial charge in [0.25, 0.3) is 0 Å². The molecular weight excluding hydrogens is 247 g/mol. The van der Waals surface area contributed by atoms with E-state index in [2.05, 4.69) is 24.1 Å². The Labute approximate surface area is 111 Å². The SMILES string of the molecule is CC(C)CNCc1cnc(-c2cccc(F)c2)s1. The molecule has 18 heavy (non-hydrogen) atoms. The van der Waals surface area contributed by atoms with Crippen molar-refractivity contribution in [1.29, 1.82) is 0 Å². The van der Waals surface area contributed by atoms with E-state index in [0.29, 0.717) is 5.92 Å². The summed E-state index contributed by atoms with van der Waals surface area (Å²) in [4.78, 5) is 5.51. The molecule has 1 aromatic heterocycles. The van der Waals surface area contributed by atoms with Gasteiger partial charge in [0.1, 0.15) is 10.8 Å². The van der Waals surface area contributed by atoms with Crippen LogP contribution in [-0.2, 0) is 6.54 Å². The van der Waals surface area contributed by atoms with Crippen LogP contribution >= 0.6 is 11.3 Å². The zero-order valence-corrected chi connectivity index (χ0v) is 11.4. The quantitative estimate of drug-likeness (QED) is 0.890. The molecule has 0 aliphatic carbocycles. The van der Waals surface area contributed by atoms with Gasteiger partial charge in [-0.1, -0.05) is 26.0 Å². The summed E-state index contributed by atoms with van der Waals surface area (Å²) in [7, 11) is 0. The second-order valence-electron chi connectivity index (χ2n) is 4.67. The van der Waals surface area contributed by atoms with Gasteiger partial charge in [-0.05, 0) is 24.6 Å². The summed E-state index contributed by atoms with van der Waals surface area (Å²) in [5.74, 6) is 0.419. The van der Waals surface area contributed by atoms with Crippen LogP contribution in [0.2, 0.25) is 0 Å². The average molecular weight is 264 g/mol. The number of hydrogen-bond acceptors (Lipinski definition) is 3. The highest BCUT2D eigenvalue weighted by molar-refractivity contribution is 7.15. The second kappa shape index (κ2) is 6.07. The molecule has 1 heterocycles. The Bertz CT molecular complexity index is 508. The van der Waals surface area contributed by atoms with E-state index < -0.39 is 0 Å². The standard InChI is InChI=1S/C14H17FN2S/c1-10(2)7-16-8-13-9-17-14(18-13)11-4-3-5-12(15)6-11/h3-6,9-10,16H,7-8H2,1-2H3. The molecule has 0 radical (unpaired) electrons. The molecular formula is C14H17FN2S. The van der Waals surface area contributed by atoms with E-state index in [-0.39, 0.29) is 5.82 Å². The minimum Gasteiger partial charge on any atom is -0.312 e. The Balaban J connectivity index is 2.02. The maximum absolute atomic E-state index is 13.1. The van der Waals surface area contributed by atoms with E-state index in [9.17, 15) is 4.39 Å². The van der Waals surface area contributed by atoms with E-state index in [1.807, 2.05) is 12.3 Å². The number of aromatic nitrogens is 1. The molecule has 0 fully saturated rings. The number of halogens is 1. The summed E-state index contributed by atoms with van der Waals surface area (Å²) in [6.45, 7) is 6.17. The summed E-state index contributed by atoms with van der Waals surface area (Å²) < 4.78 is 13.1. The first-order valence-corrected chi connectivity index (χ1v) is 6.88. The molecule has 1 N–H and O–H groups in total. The third-order valence-corrected chi connectivity index (χ3v) is 3.52. The fourth-order valence-electron chi connectivity index (χ4n) is 1.63. The highest BCUT2D eigenvalue weighted by atomic mass is 32.1. The molecule has 0 aliphatic rings. The van der Waals surface area contributed by atoms with E-state index in [1.54, 1.807) is 17.4 Å². The molecule has 0 atom stereocenters. The van der Waals surface area contributed by atoms with Crippen LogP contribution in [0.15, 0.2) is 30.5 Å². The van der Waals surface area contributed by atoms with Crippen molar-refractivity contribution in [3.63, 3.8) is 0 Å². The number of benzene rings is 1. The summed E-state index contributed by atoms with van der Waals surface area (Å²) in [5.41, 5.74) is 0.843. The van der Waals surface area contributed by atoms with Gasteiger partial charge < -0.3 is 5.32 Å². The van der Waals surface area contributed by atoms with Gasteiger partial charge in [0, 0.05) is 23.2 Å². The Morgan fingerprint density at radius 1 is 1.39 bits per heavy atom. The molecule has 2 aromatic rings. The molecule has 2 nitrogen and oxygen atoms in total. The first-order chi connectivity index (χ1) is 8.65. The number of nitrogens with zero attached hydrogens (tertiary/aromatic N) is 1. The lowest BCUT2D eigenvalue weighted by Gasteiger charge is -2.04. The van der Waals surface area contributed by atoms with Crippen LogP contribution < -0.4 is 5.32 Å². The van der Waals surface area contributed by atoms with Crippen molar-refractivity contribution in [3.05, 3.63) is 41.2 Å². The number of rotatable bonds is 5. The fraction of sp³-hybridized carbons (Fsp3) is 0.357. The Morgan fingerprint density at radius 3 is 2.94 bits per heavy atom. The summed E-state index contributed by atoms with van der Waals surface area (Å²) in [6.07, 6.45) is 1.86. The van der Waals surface area contributed by atoms with E-state index in [0.717, 1.165) is 23.7 Å². The molecule has 2 rings (SSSR count). The van der Waals surface area contributed by atoms with Crippen LogP contribution in [0.5, 0.6) is 0 Å². The van der Waals surface area contributed by atoms with Crippen LogP contribution in [0.4, 0.5) is 4.39 Å². The lowest BCUT2D eigenvalue weighted by Crippen LogP contribution is -2.18. The van der Waals surface area contributed by atoms with Crippen molar-refractivity contribution in [2.24, 2.45) is 5.92 Å². The maximum Gasteiger partial charge on any atom is 0.123 e. The smallest absolute Gasteiger partial charge is 0.123 e. The van der Waals surface area contributed by atoms with Gasteiger partial charge in [0.15, 0.2) is 0 Å². The van der Waals surface area contributed by atoms with Crippen molar-refractivity contribution in [1.82, 2.24) is 10.3 Å². The molecule has 4 heteroatoms. The Morgan fingerprint density at radius 2 is 2.22 bits per heavy atom. The number of thiazole rings is 1. The molecule has 0 bridgehead atoms. The van der Waals surface area contributed by atoms with Gasteiger partial charge in [0.05, 0.1) is 0 Å². The van der Waals surface area contributed by atoms with Crippen molar-refractivity contribution < 1.29 is 4.39 Å². The van der Waals surface area contributed by atoms with Gasteiger partial charge in [-0.2, -0.15) is 0 Å². The molecule has 0 saturated heterocycles. The Kier molecular flexibility index (Phi) is 4.44. The molecule has 96 valence electrons. The van der Waals surface area contributed by atoms with E-state index in [1.165, 1.54) is 17.0 Å². The van der Waals surface area contributed by atoms with Crippen molar-refractivity contribution in [3.8, 4) is 10.6 Å². The normalized spacial score (nSPS) is 11.1. The molecule has 0 spiro atoms. The first-order valence-electron chi connectivity index (χ1n) is 6.06. The topological polar surface area (TPSA) is 24.9 Å². The highest BCUT2D eigenvalue weighted by Gasteiger charge is 2.05. The minimum absolute atomic E-state index is 0.220. The highest BCUT2D eigenvalue weighted by Crippen LogP contribution is 2.25. The predicted molar refractivity (Wildman–Crippen MR) is 74.1 cm³/mol. The van der Waals surface area contributed by atoms with E-state index in [4.69, 9.17) is 0 Å².